The van der Waals surface area contributed by atoms with E-state index in [-0.39, 0.29) is 17.5 Å². The maximum absolute atomic E-state index is 12.0. The summed E-state index contributed by atoms with van der Waals surface area (Å²) in [7, 11) is 0. The molecule has 0 saturated carbocycles. The van der Waals surface area contributed by atoms with Crippen LogP contribution in [0.3, 0.4) is 0 Å². The highest BCUT2D eigenvalue weighted by atomic mass is 16.5. The molecule has 0 bridgehead atoms. The fourth-order valence-electron chi connectivity index (χ4n) is 2.01. The van der Waals surface area contributed by atoms with Gasteiger partial charge in [-0.3, -0.25) is 4.79 Å². The Kier molecular flexibility index (Phi) is 4.54. The summed E-state index contributed by atoms with van der Waals surface area (Å²) in [4.78, 5) is 12.0. The number of aromatic nitrogens is 2. The van der Waals surface area contributed by atoms with Crippen LogP contribution in [-0.2, 0) is 4.74 Å². The largest absolute Gasteiger partial charge is 0.381 e. The molecule has 6 nitrogen and oxygen atoms in total. The van der Waals surface area contributed by atoms with Crippen molar-refractivity contribution >= 4 is 11.7 Å². The van der Waals surface area contributed by atoms with Gasteiger partial charge >= 0.3 is 0 Å². The lowest BCUT2D eigenvalue weighted by molar-refractivity contribution is 0.0693. The molecule has 110 valence electrons. The number of hydrogen-bond acceptors (Lipinski definition) is 5. The molecule has 20 heavy (non-hydrogen) atoms. The summed E-state index contributed by atoms with van der Waals surface area (Å²) >= 11 is 0. The maximum atomic E-state index is 12.0. The van der Waals surface area contributed by atoms with Gasteiger partial charge in [0.05, 0.1) is 0 Å². The van der Waals surface area contributed by atoms with Crippen LogP contribution in [0.1, 0.15) is 44.1 Å². The van der Waals surface area contributed by atoms with Gasteiger partial charge in [0.15, 0.2) is 5.69 Å². The predicted octanol–water partition coefficient (Wildman–Crippen LogP) is 1.60. The van der Waals surface area contributed by atoms with Crippen LogP contribution in [0.15, 0.2) is 12.1 Å². The van der Waals surface area contributed by atoms with Gasteiger partial charge in [-0.2, -0.15) is 0 Å². The molecule has 0 radical (unpaired) electrons. The standard InChI is InChI=1S/C14H22N4O2/c1-14(2,3)16-12-5-4-11(17-18-12)13(19)15-10-6-8-20-9-7-10/h4-5,10H,6-9H2,1-3H3,(H,15,19)(H,16,18). The summed E-state index contributed by atoms with van der Waals surface area (Å²) in [5.74, 6) is 0.492. The lowest BCUT2D eigenvalue weighted by Gasteiger charge is -2.23. The molecule has 1 saturated heterocycles. The molecule has 0 unspecified atom stereocenters. The van der Waals surface area contributed by atoms with E-state index in [1.807, 2.05) is 20.8 Å². The summed E-state index contributed by atoms with van der Waals surface area (Å²) < 4.78 is 5.26. The van der Waals surface area contributed by atoms with Crippen molar-refractivity contribution in [3.8, 4) is 0 Å². The molecule has 1 aromatic heterocycles. The van der Waals surface area contributed by atoms with Gasteiger partial charge in [0.1, 0.15) is 5.82 Å². The lowest BCUT2D eigenvalue weighted by Crippen LogP contribution is -2.39. The number of amides is 1. The number of anilines is 1. The van der Waals surface area contributed by atoms with Crippen molar-refractivity contribution in [2.75, 3.05) is 18.5 Å². The first kappa shape index (κ1) is 14.7. The van der Waals surface area contributed by atoms with Gasteiger partial charge in [-0.1, -0.05) is 0 Å². The Morgan fingerprint density at radius 1 is 1.25 bits per heavy atom. The van der Waals surface area contributed by atoms with Gasteiger partial charge in [0.25, 0.3) is 5.91 Å². The number of hydrogen-bond donors (Lipinski definition) is 2. The normalized spacial score (nSPS) is 16.8. The maximum Gasteiger partial charge on any atom is 0.272 e. The Morgan fingerprint density at radius 3 is 2.50 bits per heavy atom. The highest BCUT2D eigenvalue weighted by Gasteiger charge is 2.18. The van der Waals surface area contributed by atoms with Crippen LogP contribution < -0.4 is 10.6 Å². The molecule has 2 N–H and O–H groups in total. The van der Waals surface area contributed by atoms with E-state index in [1.165, 1.54) is 0 Å². The smallest absolute Gasteiger partial charge is 0.272 e. The van der Waals surface area contributed by atoms with Crippen LogP contribution in [0.2, 0.25) is 0 Å². The third kappa shape index (κ3) is 4.45. The molecule has 2 heterocycles. The van der Waals surface area contributed by atoms with Crippen molar-refractivity contribution in [1.82, 2.24) is 15.5 Å². The Bertz CT molecular complexity index is 447. The van der Waals surface area contributed by atoms with E-state index in [0.29, 0.717) is 24.7 Å². The van der Waals surface area contributed by atoms with Gasteiger partial charge in [-0.25, -0.2) is 0 Å². The molecule has 0 spiro atoms. The third-order valence-electron chi connectivity index (χ3n) is 2.96. The number of rotatable bonds is 3. The Balaban J connectivity index is 1.93. The first-order valence-electron chi connectivity index (χ1n) is 6.94. The zero-order valence-corrected chi connectivity index (χ0v) is 12.3. The zero-order chi connectivity index (χ0) is 14.6. The number of ether oxygens (including phenoxy) is 1. The number of carbonyl (C=O) groups excluding carboxylic acids is 1. The fraction of sp³-hybridized carbons (Fsp3) is 0.643. The van der Waals surface area contributed by atoms with Crippen LogP contribution >= 0.6 is 0 Å². The highest BCUT2D eigenvalue weighted by Crippen LogP contribution is 2.11. The van der Waals surface area contributed by atoms with Crippen molar-refractivity contribution in [3.05, 3.63) is 17.8 Å². The Morgan fingerprint density at radius 2 is 1.95 bits per heavy atom. The third-order valence-corrected chi connectivity index (χ3v) is 2.96. The van der Waals surface area contributed by atoms with Crippen LogP contribution in [-0.4, -0.2) is 40.9 Å². The van der Waals surface area contributed by atoms with Gasteiger partial charge in [-0.05, 0) is 45.7 Å². The minimum atomic E-state index is -0.174. The van der Waals surface area contributed by atoms with E-state index in [1.54, 1.807) is 12.1 Å². The molecule has 0 aliphatic carbocycles. The summed E-state index contributed by atoms with van der Waals surface area (Å²) in [6.45, 7) is 7.53. The van der Waals surface area contributed by atoms with E-state index in [2.05, 4.69) is 20.8 Å². The van der Waals surface area contributed by atoms with E-state index in [4.69, 9.17) is 4.74 Å². The van der Waals surface area contributed by atoms with E-state index in [0.717, 1.165) is 12.8 Å². The Hall–Kier alpha value is -1.69. The van der Waals surface area contributed by atoms with Crippen molar-refractivity contribution in [2.45, 2.75) is 45.2 Å². The molecule has 0 aromatic carbocycles. The van der Waals surface area contributed by atoms with Crippen LogP contribution in [0.4, 0.5) is 5.82 Å². The van der Waals surface area contributed by atoms with Gasteiger partial charge in [-0.15, -0.1) is 10.2 Å². The average Bonchev–Trinajstić information content (AvgIpc) is 2.39. The quantitative estimate of drug-likeness (QED) is 0.878. The van der Waals surface area contributed by atoms with Crippen molar-refractivity contribution < 1.29 is 9.53 Å². The van der Waals surface area contributed by atoms with Crippen molar-refractivity contribution in [3.63, 3.8) is 0 Å². The number of nitrogens with one attached hydrogen (secondary N) is 2. The topological polar surface area (TPSA) is 76.1 Å². The first-order valence-corrected chi connectivity index (χ1v) is 6.94. The van der Waals surface area contributed by atoms with Crippen LogP contribution in [0.5, 0.6) is 0 Å². The van der Waals surface area contributed by atoms with E-state index < -0.39 is 0 Å². The molecule has 6 heteroatoms. The summed E-state index contributed by atoms with van der Waals surface area (Å²) in [5, 5.41) is 14.2. The summed E-state index contributed by atoms with van der Waals surface area (Å²) in [5.41, 5.74) is 0.261. The van der Waals surface area contributed by atoms with Gasteiger partial charge in [0.2, 0.25) is 0 Å². The van der Waals surface area contributed by atoms with Gasteiger partial charge < -0.3 is 15.4 Å². The van der Waals surface area contributed by atoms with Crippen LogP contribution in [0.25, 0.3) is 0 Å². The molecule has 1 fully saturated rings. The fourth-order valence-corrected chi connectivity index (χ4v) is 2.01. The number of carbonyl (C=O) groups is 1. The summed E-state index contributed by atoms with van der Waals surface area (Å²) in [6.07, 6.45) is 1.70. The molecule has 1 amide bonds. The monoisotopic (exact) mass is 278 g/mol. The Labute approximate surface area is 119 Å². The summed E-state index contributed by atoms with van der Waals surface area (Å²) in [6, 6.07) is 3.64. The SMILES string of the molecule is CC(C)(C)Nc1ccc(C(=O)NC2CCOCC2)nn1. The van der Waals surface area contributed by atoms with Crippen LogP contribution in [0, 0.1) is 0 Å². The lowest BCUT2D eigenvalue weighted by atomic mass is 10.1. The molecular formula is C14H22N4O2. The van der Waals surface area contributed by atoms with Crippen molar-refractivity contribution in [1.29, 1.82) is 0 Å². The van der Waals surface area contributed by atoms with Gasteiger partial charge in [0, 0.05) is 24.8 Å². The predicted molar refractivity (Wildman–Crippen MR) is 76.7 cm³/mol. The minimum Gasteiger partial charge on any atom is -0.381 e. The molecule has 1 aliphatic rings. The van der Waals surface area contributed by atoms with E-state index >= 15 is 0 Å². The molecular weight excluding hydrogens is 256 g/mol. The first-order chi connectivity index (χ1) is 9.44. The molecule has 1 aromatic rings. The second kappa shape index (κ2) is 6.17. The second-order valence-corrected chi connectivity index (χ2v) is 6.04. The molecule has 0 atom stereocenters. The average molecular weight is 278 g/mol. The molecule has 2 rings (SSSR count). The number of nitrogens with zero attached hydrogens (tertiary/aromatic N) is 2. The second-order valence-electron chi connectivity index (χ2n) is 6.04. The van der Waals surface area contributed by atoms with E-state index in [9.17, 15) is 4.79 Å². The minimum absolute atomic E-state index is 0.0828. The van der Waals surface area contributed by atoms with Crippen molar-refractivity contribution in [2.24, 2.45) is 0 Å². The zero-order valence-electron chi connectivity index (χ0n) is 12.3. The highest BCUT2D eigenvalue weighted by molar-refractivity contribution is 5.92. The molecule has 1 aliphatic heterocycles.